The molecule has 3 heteroatoms. The van der Waals surface area contributed by atoms with Crippen LogP contribution in [-0.4, -0.2) is 23.5 Å². The van der Waals surface area contributed by atoms with Gasteiger partial charge in [0.25, 0.3) is 0 Å². The highest BCUT2D eigenvalue weighted by Crippen LogP contribution is 2.49. The number of hydrogen-bond donors (Lipinski definition) is 1. The summed E-state index contributed by atoms with van der Waals surface area (Å²) in [6, 6.07) is 0.630. The van der Waals surface area contributed by atoms with Gasteiger partial charge in [0.15, 0.2) is 5.17 Å². The van der Waals surface area contributed by atoms with Gasteiger partial charge in [-0.1, -0.05) is 39.0 Å². The lowest BCUT2D eigenvalue weighted by Gasteiger charge is -2.14. The first-order chi connectivity index (χ1) is 7.65. The normalized spacial score (nSPS) is 29.8. The van der Waals surface area contributed by atoms with Crippen LogP contribution in [0.25, 0.3) is 0 Å². The number of nitrogens with one attached hydrogen (secondary N) is 1. The molecule has 1 aliphatic heterocycles. The van der Waals surface area contributed by atoms with Gasteiger partial charge in [0.2, 0.25) is 0 Å². The Bertz CT molecular complexity index is 269. The summed E-state index contributed by atoms with van der Waals surface area (Å²) in [5.41, 5.74) is 0.597. The minimum atomic E-state index is 0.597. The standard InChI is InChI=1S/C13H24N2S/c1-4-5-13(6-7-13)9-14-12-15-11(8-16-12)10(2)3/h10-11H,4-9H2,1-3H3,(H,14,15). The van der Waals surface area contributed by atoms with Crippen molar-refractivity contribution in [3.8, 4) is 0 Å². The van der Waals surface area contributed by atoms with Crippen molar-refractivity contribution in [3.63, 3.8) is 0 Å². The third-order valence-corrected chi connectivity index (χ3v) is 4.85. The molecule has 16 heavy (non-hydrogen) atoms. The molecule has 1 unspecified atom stereocenters. The van der Waals surface area contributed by atoms with E-state index in [1.54, 1.807) is 0 Å². The Kier molecular flexibility index (Phi) is 3.83. The third kappa shape index (κ3) is 2.93. The van der Waals surface area contributed by atoms with Gasteiger partial charge >= 0.3 is 0 Å². The number of nitrogens with zero attached hydrogens (tertiary/aromatic N) is 1. The first-order valence-electron chi connectivity index (χ1n) is 6.59. The summed E-state index contributed by atoms with van der Waals surface area (Å²) in [7, 11) is 0. The number of thioether (sulfide) groups is 1. The van der Waals surface area contributed by atoms with Crippen LogP contribution >= 0.6 is 11.8 Å². The first kappa shape index (κ1) is 12.3. The van der Waals surface area contributed by atoms with E-state index in [-0.39, 0.29) is 0 Å². The monoisotopic (exact) mass is 240 g/mol. The summed E-state index contributed by atoms with van der Waals surface area (Å²) >= 11 is 1.90. The molecule has 0 aromatic heterocycles. The molecule has 1 aliphatic carbocycles. The Balaban J connectivity index is 1.81. The Morgan fingerprint density at radius 2 is 2.25 bits per heavy atom. The molecule has 1 saturated carbocycles. The van der Waals surface area contributed by atoms with E-state index < -0.39 is 0 Å². The van der Waals surface area contributed by atoms with Crippen molar-refractivity contribution >= 4 is 16.9 Å². The van der Waals surface area contributed by atoms with Crippen molar-refractivity contribution in [3.05, 3.63) is 0 Å². The first-order valence-corrected chi connectivity index (χ1v) is 7.57. The quantitative estimate of drug-likeness (QED) is 0.797. The van der Waals surface area contributed by atoms with Crippen LogP contribution in [0.15, 0.2) is 4.99 Å². The van der Waals surface area contributed by atoms with Crippen molar-refractivity contribution in [2.75, 3.05) is 12.3 Å². The van der Waals surface area contributed by atoms with Gasteiger partial charge < -0.3 is 5.32 Å². The molecule has 1 N–H and O–H groups in total. The van der Waals surface area contributed by atoms with Crippen molar-refractivity contribution < 1.29 is 0 Å². The van der Waals surface area contributed by atoms with Gasteiger partial charge in [-0.25, -0.2) is 0 Å². The maximum Gasteiger partial charge on any atom is 0.156 e. The number of rotatable bonds is 5. The van der Waals surface area contributed by atoms with Gasteiger partial charge in [-0.3, -0.25) is 4.99 Å². The predicted molar refractivity (Wildman–Crippen MR) is 73.1 cm³/mol. The fourth-order valence-corrected chi connectivity index (χ4v) is 3.49. The van der Waals surface area contributed by atoms with Gasteiger partial charge in [-0.2, -0.15) is 0 Å². The molecule has 0 radical (unpaired) electrons. The molecule has 0 amide bonds. The summed E-state index contributed by atoms with van der Waals surface area (Å²) < 4.78 is 0. The van der Waals surface area contributed by atoms with Crippen LogP contribution in [0.3, 0.4) is 0 Å². The average molecular weight is 240 g/mol. The summed E-state index contributed by atoms with van der Waals surface area (Å²) in [5, 5.41) is 4.74. The van der Waals surface area contributed by atoms with Crippen LogP contribution in [0, 0.1) is 11.3 Å². The van der Waals surface area contributed by atoms with E-state index in [9.17, 15) is 0 Å². The highest BCUT2D eigenvalue weighted by Gasteiger charge is 2.41. The van der Waals surface area contributed by atoms with E-state index in [1.807, 2.05) is 11.8 Å². The van der Waals surface area contributed by atoms with E-state index in [0.717, 1.165) is 6.54 Å². The Morgan fingerprint density at radius 3 is 2.75 bits per heavy atom. The third-order valence-electron chi connectivity index (χ3n) is 3.81. The SMILES string of the molecule is CCCC1(CN=C2NC(C(C)C)CS2)CC1. The lowest BCUT2D eigenvalue weighted by Crippen LogP contribution is -2.31. The van der Waals surface area contributed by atoms with Crippen molar-refractivity contribution in [2.24, 2.45) is 16.3 Å². The van der Waals surface area contributed by atoms with Crippen LogP contribution in [0.1, 0.15) is 46.5 Å². The van der Waals surface area contributed by atoms with E-state index >= 15 is 0 Å². The minimum absolute atomic E-state index is 0.597. The summed E-state index contributed by atoms with van der Waals surface area (Å²) in [6.45, 7) is 7.90. The molecule has 1 atom stereocenters. The summed E-state index contributed by atoms with van der Waals surface area (Å²) in [5.74, 6) is 1.91. The molecule has 2 fully saturated rings. The van der Waals surface area contributed by atoms with Gasteiger partial charge in [-0.15, -0.1) is 0 Å². The molecule has 1 heterocycles. The van der Waals surface area contributed by atoms with E-state index in [0.29, 0.717) is 17.4 Å². The number of aliphatic imine (C=N–C) groups is 1. The molecular formula is C13H24N2S. The van der Waals surface area contributed by atoms with Crippen LogP contribution in [0.2, 0.25) is 0 Å². The van der Waals surface area contributed by atoms with Crippen molar-refractivity contribution in [1.29, 1.82) is 0 Å². The number of amidine groups is 1. The molecule has 1 saturated heterocycles. The van der Waals surface area contributed by atoms with Crippen molar-refractivity contribution in [2.45, 2.75) is 52.5 Å². The largest absolute Gasteiger partial charge is 0.361 e. The molecule has 2 rings (SSSR count). The second kappa shape index (κ2) is 4.99. The Morgan fingerprint density at radius 1 is 1.50 bits per heavy atom. The highest BCUT2D eigenvalue weighted by molar-refractivity contribution is 8.14. The lowest BCUT2D eigenvalue weighted by atomic mass is 10.0. The highest BCUT2D eigenvalue weighted by atomic mass is 32.2. The topological polar surface area (TPSA) is 24.4 Å². The fourth-order valence-electron chi connectivity index (χ4n) is 2.29. The van der Waals surface area contributed by atoms with Crippen LogP contribution in [0.4, 0.5) is 0 Å². The van der Waals surface area contributed by atoms with E-state index in [2.05, 4.69) is 26.1 Å². The summed E-state index contributed by atoms with van der Waals surface area (Å²) in [6.07, 6.45) is 5.47. The average Bonchev–Trinajstić information content (AvgIpc) is 2.84. The molecule has 0 aromatic carbocycles. The zero-order valence-corrected chi connectivity index (χ0v) is 11.6. The van der Waals surface area contributed by atoms with Gasteiger partial charge in [-0.05, 0) is 30.6 Å². The maximum atomic E-state index is 4.78. The zero-order chi connectivity index (χ0) is 11.6. The molecule has 0 aromatic rings. The molecule has 0 spiro atoms. The Labute approximate surface area is 104 Å². The minimum Gasteiger partial charge on any atom is -0.361 e. The van der Waals surface area contributed by atoms with Crippen LogP contribution < -0.4 is 5.32 Å². The number of hydrogen-bond acceptors (Lipinski definition) is 2. The second-order valence-corrected chi connectivity index (χ2v) is 6.69. The van der Waals surface area contributed by atoms with Gasteiger partial charge in [0, 0.05) is 18.3 Å². The molecule has 92 valence electrons. The lowest BCUT2D eigenvalue weighted by molar-refractivity contribution is 0.470. The molecule has 2 nitrogen and oxygen atoms in total. The zero-order valence-electron chi connectivity index (χ0n) is 10.8. The van der Waals surface area contributed by atoms with Crippen molar-refractivity contribution in [1.82, 2.24) is 5.32 Å². The molecule has 0 bridgehead atoms. The Hall–Kier alpha value is -0.180. The van der Waals surface area contributed by atoms with E-state index in [4.69, 9.17) is 4.99 Å². The van der Waals surface area contributed by atoms with Crippen LogP contribution in [-0.2, 0) is 0 Å². The smallest absolute Gasteiger partial charge is 0.156 e. The predicted octanol–water partition coefficient (Wildman–Crippen LogP) is 3.28. The molecular weight excluding hydrogens is 216 g/mol. The second-order valence-electron chi connectivity index (χ2n) is 5.68. The van der Waals surface area contributed by atoms with Crippen LogP contribution in [0.5, 0.6) is 0 Å². The summed E-state index contributed by atoms with van der Waals surface area (Å²) in [4.78, 5) is 4.78. The molecule has 2 aliphatic rings. The van der Waals surface area contributed by atoms with Gasteiger partial charge in [0.05, 0.1) is 0 Å². The fraction of sp³-hybridized carbons (Fsp3) is 0.923. The van der Waals surface area contributed by atoms with Gasteiger partial charge in [0.1, 0.15) is 0 Å². The van der Waals surface area contributed by atoms with E-state index in [1.165, 1.54) is 36.6 Å². The maximum absolute atomic E-state index is 4.78.